The number of fused-ring (bicyclic) bond motifs is 1. The molecule has 0 unspecified atom stereocenters. The Hall–Kier alpha value is -2.11. The molecule has 0 aliphatic heterocycles. The fourth-order valence-corrected chi connectivity index (χ4v) is 1.15. The summed E-state index contributed by atoms with van der Waals surface area (Å²) in [7, 11) is 0. The lowest BCUT2D eigenvalue weighted by molar-refractivity contribution is -0.445. The van der Waals surface area contributed by atoms with Crippen LogP contribution in [-0.2, 0) is 0 Å². The van der Waals surface area contributed by atoms with Crippen molar-refractivity contribution in [3.8, 4) is 0 Å². The topological polar surface area (TPSA) is 83.9 Å². The number of nitro groups is 1. The normalized spacial score (nSPS) is 10.2. The highest BCUT2D eigenvalue weighted by Crippen LogP contribution is 2.18. The number of nitrogens with zero attached hydrogens (tertiary/aromatic N) is 2. The van der Waals surface area contributed by atoms with Gasteiger partial charge in [0.25, 0.3) is 0 Å². The first-order valence-electron chi connectivity index (χ1n) is 3.60. The summed E-state index contributed by atoms with van der Waals surface area (Å²) in [5.74, 6) is 0. The lowest BCUT2D eigenvalue weighted by Crippen LogP contribution is -2.07. The number of aromatic nitrogens is 2. The van der Waals surface area contributed by atoms with Crippen molar-refractivity contribution < 1.29 is 5.03 Å². The standard InChI is InChI=1S/C7H6N4O2/c12-11(13)10-6-3-1-2-5-7(6)9-4-8-5/h1-4,10H,(H,8,9). The third-order valence-corrected chi connectivity index (χ3v) is 1.66. The first-order chi connectivity index (χ1) is 6.27. The Balaban J connectivity index is 2.54. The number of H-pyrrole nitrogens is 1. The van der Waals surface area contributed by atoms with Gasteiger partial charge in [0.2, 0.25) is 0 Å². The van der Waals surface area contributed by atoms with Crippen molar-refractivity contribution in [1.82, 2.24) is 9.97 Å². The van der Waals surface area contributed by atoms with Crippen LogP contribution in [-0.4, -0.2) is 15.0 Å². The highest BCUT2D eigenvalue weighted by atomic mass is 16.7. The van der Waals surface area contributed by atoms with Crippen LogP contribution in [0.25, 0.3) is 11.0 Å². The maximum atomic E-state index is 10.2. The number of hydrogen-bond donors (Lipinski definition) is 2. The first kappa shape index (κ1) is 7.53. The maximum Gasteiger partial charge on any atom is 0.162 e. The monoisotopic (exact) mass is 178 g/mol. The molecular formula is C7H6N4O2. The summed E-state index contributed by atoms with van der Waals surface area (Å²) in [4.78, 5) is 17.0. The smallest absolute Gasteiger partial charge is 0.162 e. The Kier molecular flexibility index (Phi) is 1.59. The zero-order valence-corrected chi connectivity index (χ0v) is 6.52. The molecule has 0 saturated heterocycles. The molecule has 0 amide bonds. The van der Waals surface area contributed by atoms with E-state index in [1.165, 1.54) is 6.33 Å². The van der Waals surface area contributed by atoms with Crippen molar-refractivity contribution in [1.29, 1.82) is 0 Å². The largest absolute Gasteiger partial charge is 0.345 e. The maximum absolute atomic E-state index is 10.2. The second-order valence-electron chi connectivity index (χ2n) is 2.47. The first-order valence-corrected chi connectivity index (χ1v) is 3.60. The van der Waals surface area contributed by atoms with E-state index in [-0.39, 0.29) is 0 Å². The number of hydrogen-bond acceptors (Lipinski definition) is 3. The van der Waals surface area contributed by atoms with E-state index in [2.05, 4.69) is 15.4 Å². The van der Waals surface area contributed by atoms with Crippen LogP contribution in [0.4, 0.5) is 5.69 Å². The van der Waals surface area contributed by atoms with E-state index in [1.54, 1.807) is 18.2 Å². The van der Waals surface area contributed by atoms with Crippen molar-refractivity contribution >= 4 is 16.7 Å². The Bertz CT molecular complexity index is 450. The van der Waals surface area contributed by atoms with E-state index in [9.17, 15) is 10.1 Å². The molecule has 0 bridgehead atoms. The van der Waals surface area contributed by atoms with Gasteiger partial charge in [0.1, 0.15) is 11.2 Å². The molecule has 0 atom stereocenters. The minimum Gasteiger partial charge on any atom is -0.345 e. The minimum absolute atomic E-state index is 0.392. The summed E-state index contributed by atoms with van der Waals surface area (Å²) in [5.41, 5.74) is 3.80. The van der Waals surface area contributed by atoms with Gasteiger partial charge in [-0.2, -0.15) is 0 Å². The summed E-state index contributed by atoms with van der Waals surface area (Å²) in [6.45, 7) is 0. The summed E-state index contributed by atoms with van der Waals surface area (Å²) < 4.78 is 0. The van der Waals surface area contributed by atoms with Crippen LogP contribution in [0.3, 0.4) is 0 Å². The second kappa shape index (κ2) is 2.74. The second-order valence-corrected chi connectivity index (χ2v) is 2.47. The number of imidazole rings is 1. The molecular weight excluding hydrogens is 172 g/mol. The number of anilines is 1. The quantitative estimate of drug-likeness (QED) is 0.534. The van der Waals surface area contributed by atoms with Gasteiger partial charge in [-0.15, -0.1) is 5.43 Å². The van der Waals surface area contributed by atoms with Crippen LogP contribution in [0.1, 0.15) is 0 Å². The molecule has 0 saturated carbocycles. The van der Waals surface area contributed by atoms with E-state index < -0.39 is 5.03 Å². The zero-order chi connectivity index (χ0) is 9.26. The fraction of sp³-hybridized carbons (Fsp3) is 0. The Morgan fingerprint density at radius 1 is 1.54 bits per heavy atom. The van der Waals surface area contributed by atoms with Crippen LogP contribution in [0, 0.1) is 10.1 Å². The number of nitrogens with one attached hydrogen (secondary N) is 2. The summed E-state index contributed by atoms with van der Waals surface area (Å²) >= 11 is 0. The van der Waals surface area contributed by atoms with E-state index >= 15 is 0 Å². The van der Waals surface area contributed by atoms with Gasteiger partial charge in [0.15, 0.2) is 5.03 Å². The highest BCUT2D eigenvalue weighted by molar-refractivity contribution is 5.87. The van der Waals surface area contributed by atoms with E-state index in [1.807, 2.05) is 0 Å². The van der Waals surface area contributed by atoms with Gasteiger partial charge in [-0.3, -0.25) is 0 Å². The number of hydrazine groups is 1. The van der Waals surface area contributed by atoms with Crippen molar-refractivity contribution in [2.75, 3.05) is 5.43 Å². The Morgan fingerprint density at radius 3 is 3.15 bits per heavy atom. The molecule has 0 spiro atoms. The SMILES string of the molecule is O=[N+]([O-])Nc1cccc2[nH]cnc12. The molecule has 2 rings (SSSR count). The van der Waals surface area contributed by atoms with Gasteiger partial charge in [0, 0.05) is 0 Å². The molecule has 0 radical (unpaired) electrons. The molecule has 6 nitrogen and oxygen atoms in total. The molecule has 66 valence electrons. The molecule has 1 aromatic carbocycles. The van der Waals surface area contributed by atoms with Crippen molar-refractivity contribution in [3.63, 3.8) is 0 Å². The van der Waals surface area contributed by atoms with Crippen LogP contribution in [0.2, 0.25) is 0 Å². The molecule has 2 N–H and O–H groups in total. The van der Waals surface area contributed by atoms with Crippen molar-refractivity contribution in [2.45, 2.75) is 0 Å². The molecule has 13 heavy (non-hydrogen) atoms. The summed E-state index contributed by atoms with van der Waals surface area (Å²) in [5, 5.41) is 9.58. The van der Waals surface area contributed by atoms with Gasteiger partial charge < -0.3 is 4.98 Å². The zero-order valence-electron chi connectivity index (χ0n) is 6.52. The van der Waals surface area contributed by atoms with Gasteiger partial charge in [0.05, 0.1) is 11.8 Å². The summed E-state index contributed by atoms with van der Waals surface area (Å²) in [6.07, 6.45) is 1.50. The number of rotatable bonds is 2. The fourth-order valence-electron chi connectivity index (χ4n) is 1.15. The predicted octanol–water partition coefficient (Wildman–Crippen LogP) is 1.17. The molecule has 1 heterocycles. The van der Waals surface area contributed by atoms with Crippen LogP contribution >= 0.6 is 0 Å². The average molecular weight is 178 g/mol. The van der Waals surface area contributed by atoms with Crippen molar-refractivity contribution in [3.05, 3.63) is 34.6 Å². The van der Waals surface area contributed by atoms with Crippen LogP contribution < -0.4 is 5.43 Å². The lowest BCUT2D eigenvalue weighted by atomic mass is 10.3. The summed E-state index contributed by atoms with van der Waals surface area (Å²) in [6, 6.07) is 5.12. The number of aromatic amines is 1. The minimum atomic E-state index is -0.608. The Morgan fingerprint density at radius 2 is 2.38 bits per heavy atom. The average Bonchev–Trinajstić information content (AvgIpc) is 2.51. The molecule has 1 aromatic heterocycles. The molecule has 6 heteroatoms. The van der Waals surface area contributed by atoms with Crippen LogP contribution in [0.5, 0.6) is 0 Å². The predicted molar refractivity (Wildman–Crippen MR) is 46.7 cm³/mol. The van der Waals surface area contributed by atoms with Crippen molar-refractivity contribution in [2.24, 2.45) is 0 Å². The van der Waals surface area contributed by atoms with E-state index in [4.69, 9.17) is 0 Å². The Labute approximate surface area is 72.7 Å². The third kappa shape index (κ3) is 1.28. The third-order valence-electron chi connectivity index (χ3n) is 1.66. The lowest BCUT2D eigenvalue weighted by Gasteiger charge is -1.96. The van der Waals surface area contributed by atoms with Gasteiger partial charge in [-0.1, -0.05) is 6.07 Å². The van der Waals surface area contributed by atoms with Gasteiger partial charge in [-0.05, 0) is 12.1 Å². The number of benzene rings is 1. The number of para-hydroxylation sites is 1. The van der Waals surface area contributed by atoms with E-state index in [0.29, 0.717) is 11.2 Å². The molecule has 0 fully saturated rings. The van der Waals surface area contributed by atoms with E-state index in [0.717, 1.165) is 5.52 Å². The molecule has 2 aromatic rings. The highest BCUT2D eigenvalue weighted by Gasteiger charge is 2.05. The van der Waals surface area contributed by atoms with Gasteiger partial charge in [-0.25, -0.2) is 15.1 Å². The van der Waals surface area contributed by atoms with Gasteiger partial charge >= 0.3 is 0 Å². The van der Waals surface area contributed by atoms with Crippen LogP contribution in [0.15, 0.2) is 24.5 Å². The molecule has 0 aliphatic carbocycles. The molecule has 0 aliphatic rings.